The van der Waals surface area contributed by atoms with Gasteiger partial charge in [0.15, 0.2) is 0 Å². The molecule has 0 bridgehead atoms. The van der Waals surface area contributed by atoms with Crippen LogP contribution in [0, 0.1) is 11.8 Å². The molecule has 1 aromatic carbocycles. The van der Waals surface area contributed by atoms with Crippen molar-refractivity contribution in [1.29, 1.82) is 0 Å². The van der Waals surface area contributed by atoms with Gasteiger partial charge in [-0.3, -0.25) is 0 Å². The summed E-state index contributed by atoms with van der Waals surface area (Å²) >= 11 is 12.1. The van der Waals surface area contributed by atoms with E-state index in [4.69, 9.17) is 52.5 Å². The standard InChI is InChI=1S/C25H39Cl2NO2.C2H2O4/c1-2-3-7-14-28-15-12-21(13-16-29-22-10-11-23(26)24(27)17-22)25(18-28)30-19-20-8-5-4-6-9-20;3-1(4)2(5)6/h10-11,17,20-21,25H,2-9,12-16,18-19H2,1H3;(H,3,4)(H,5,6)/t21-,25-;/m0./s1. The van der Waals surface area contributed by atoms with Gasteiger partial charge in [-0.1, -0.05) is 62.2 Å². The van der Waals surface area contributed by atoms with Crippen molar-refractivity contribution in [3.05, 3.63) is 28.2 Å². The second kappa shape index (κ2) is 17.1. The highest BCUT2D eigenvalue weighted by molar-refractivity contribution is 6.42. The largest absolute Gasteiger partial charge is 0.494 e. The molecule has 204 valence electrons. The summed E-state index contributed by atoms with van der Waals surface area (Å²) in [6.07, 6.45) is 13.3. The van der Waals surface area contributed by atoms with Crippen LogP contribution in [0.25, 0.3) is 0 Å². The third-order valence-electron chi connectivity index (χ3n) is 6.96. The lowest BCUT2D eigenvalue weighted by atomic mass is 9.88. The van der Waals surface area contributed by atoms with Gasteiger partial charge in [-0.05, 0) is 69.2 Å². The molecular formula is C27H41Cl2NO6. The first kappa shape index (κ1) is 30.7. The van der Waals surface area contributed by atoms with Crippen LogP contribution in [0.5, 0.6) is 5.75 Å². The second-order valence-corrected chi connectivity index (χ2v) is 10.6. The van der Waals surface area contributed by atoms with Crippen LogP contribution >= 0.6 is 23.2 Å². The van der Waals surface area contributed by atoms with E-state index < -0.39 is 11.9 Å². The van der Waals surface area contributed by atoms with Crippen LogP contribution in [-0.2, 0) is 14.3 Å². The number of halogens is 2. The Hall–Kier alpha value is -1.54. The normalized spacial score (nSPS) is 20.9. The van der Waals surface area contributed by atoms with Crippen LogP contribution in [0.2, 0.25) is 10.0 Å². The lowest BCUT2D eigenvalue weighted by molar-refractivity contribution is -0.159. The summed E-state index contributed by atoms with van der Waals surface area (Å²) in [5.74, 6) is -1.52. The molecule has 1 heterocycles. The zero-order valence-electron chi connectivity index (χ0n) is 21.3. The topological polar surface area (TPSA) is 96.3 Å². The minimum Gasteiger partial charge on any atom is -0.494 e. The van der Waals surface area contributed by atoms with Crippen LogP contribution in [0.3, 0.4) is 0 Å². The third-order valence-corrected chi connectivity index (χ3v) is 7.70. The molecule has 36 heavy (non-hydrogen) atoms. The molecule has 1 aromatic rings. The van der Waals surface area contributed by atoms with Crippen LogP contribution in [-0.4, -0.2) is 66.0 Å². The highest BCUT2D eigenvalue weighted by Gasteiger charge is 2.30. The number of hydrogen-bond acceptors (Lipinski definition) is 5. The maximum atomic E-state index is 9.10. The Bertz CT molecular complexity index is 790. The average Bonchev–Trinajstić information content (AvgIpc) is 2.87. The number of nitrogens with zero attached hydrogens (tertiary/aromatic N) is 1. The van der Waals surface area contributed by atoms with Gasteiger partial charge in [0.05, 0.1) is 22.8 Å². The van der Waals surface area contributed by atoms with E-state index in [1.165, 1.54) is 70.9 Å². The van der Waals surface area contributed by atoms with Crippen molar-refractivity contribution in [3.8, 4) is 5.75 Å². The van der Waals surface area contributed by atoms with Crippen LogP contribution in [0.4, 0.5) is 0 Å². The molecule has 0 radical (unpaired) electrons. The fourth-order valence-electron chi connectivity index (χ4n) is 4.84. The van der Waals surface area contributed by atoms with E-state index in [9.17, 15) is 0 Å². The molecular weight excluding hydrogens is 505 g/mol. The first-order chi connectivity index (χ1) is 17.3. The minimum absolute atomic E-state index is 0.333. The van der Waals surface area contributed by atoms with Gasteiger partial charge >= 0.3 is 11.9 Å². The highest BCUT2D eigenvalue weighted by atomic mass is 35.5. The molecule has 1 saturated heterocycles. The number of ether oxygens (including phenoxy) is 2. The lowest BCUT2D eigenvalue weighted by Gasteiger charge is -2.39. The summed E-state index contributed by atoms with van der Waals surface area (Å²) in [5, 5.41) is 15.9. The Morgan fingerprint density at radius 3 is 2.39 bits per heavy atom. The summed E-state index contributed by atoms with van der Waals surface area (Å²) in [6.45, 7) is 7.39. The predicted octanol–water partition coefficient (Wildman–Crippen LogP) is 6.40. The number of unbranched alkanes of at least 4 members (excludes halogenated alkanes) is 2. The van der Waals surface area contributed by atoms with Gasteiger partial charge in [-0.15, -0.1) is 0 Å². The van der Waals surface area contributed by atoms with Gasteiger partial charge in [0.2, 0.25) is 0 Å². The first-order valence-corrected chi connectivity index (χ1v) is 13.9. The number of aliphatic carboxylic acids is 2. The summed E-state index contributed by atoms with van der Waals surface area (Å²) < 4.78 is 12.6. The van der Waals surface area contributed by atoms with Crippen molar-refractivity contribution >= 4 is 35.1 Å². The number of likely N-dealkylation sites (tertiary alicyclic amines) is 1. The molecule has 0 amide bonds. The van der Waals surface area contributed by atoms with Crippen molar-refractivity contribution < 1.29 is 29.3 Å². The summed E-state index contributed by atoms with van der Waals surface area (Å²) in [5.41, 5.74) is 0. The van der Waals surface area contributed by atoms with E-state index in [0.717, 1.165) is 31.2 Å². The van der Waals surface area contributed by atoms with E-state index in [1.54, 1.807) is 12.1 Å². The van der Waals surface area contributed by atoms with E-state index in [2.05, 4.69) is 11.8 Å². The Balaban J connectivity index is 0.000000678. The molecule has 0 unspecified atom stereocenters. The van der Waals surface area contributed by atoms with Gasteiger partial charge in [0, 0.05) is 19.2 Å². The molecule has 9 heteroatoms. The number of piperidine rings is 1. The van der Waals surface area contributed by atoms with Crippen molar-refractivity contribution in [2.24, 2.45) is 11.8 Å². The summed E-state index contributed by atoms with van der Waals surface area (Å²) in [4.78, 5) is 20.8. The predicted molar refractivity (Wildman–Crippen MR) is 142 cm³/mol. The number of carboxylic acids is 2. The molecule has 1 aliphatic carbocycles. The molecule has 2 aliphatic rings. The molecule has 2 fully saturated rings. The smallest absolute Gasteiger partial charge is 0.414 e. The first-order valence-electron chi connectivity index (χ1n) is 13.2. The lowest BCUT2D eigenvalue weighted by Crippen LogP contribution is -2.46. The molecule has 7 nitrogen and oxygen atoms in total. The molecule has 2 N–H and O–H groups in total. The fourth-order valence-corrected chi connectivity index (χ4v) is 5.13. The van der Waals surface area contributed by atoms with Gasteiger partial charge in [-0.2, -0.15) is 0 Å². The van der Waals surface area contributed by atoms with Crippen molar-refractivity contribution in [3.63, 3.8) is 0 Å². The summed E-state index contributed by atoms with van der Waals surface area (Å²) in [6, 6.07) is 5.49. The number of carboxylic acid groups (broad SMARTS) is 2. The van der Waals surface area contributed by atoms with Crippen LogP contribution in [0.15, 0.2) is 18.2 Å². The SMILES string of the molecule is CCCCCN1CC[C@@H](CCOc2ccc(Cl)c(Cl)c2)[C@@H](OCC2CCCCC2)C1.O=C(O)C(=O)O. The zero-order chi connectivity index (χ0) is 26.3. The number of rotatable bonds is 11. The van der Waals surface area contributed by atoms with E-state index >= 15 is 0 Å². The monoisotopic (exact) mass is 545 g/mol. The van der Waals surface area contributed by atoms with Gasteiger partial charge in [-0.25, -0.2) is 9.59 Å². The molecule has 0 aromatic heterocycles. The molecule has 1 aliphatic heterocycles. The Labute approximate surface area is 225 Å². The summed E-state index contributed by atoms with van der Waals surface area (Å²) in [7, 11) is 0. The van der Waals surface area contributed by atoms with E-state index in [-0.39, 0.29) is 0 Å². The second-order valence-electron chi connectivity index (χ2n) is 9.76. The number of hydrogen-bond donors (Lipinski definition) is 2. The molecule has 1 saturated carbocycles. The van der Waals surface area contributed by atoms with Gasteiger partial charge in [0.1, 0.15) is 5.75 Å². The maximum absolute atomic E-state index is 9.10. The van der Waals surface area contributed by atoms with Crippen molar-refractivity contribution in [1.82, 2.24) is 4.90 Å². The van der Waals surface area contributed by atoms with Crippen molar-refractivity contribution in [2.75, 3.05) is 32.8 Å². The number of carbonyl (C=O) groups is 2. The third kappa shape index (κ3) is 11.7. The van der Waals surface area contributed by atoms with Gasteiger partial charge < -0.3 is 24.6 Å². The van der Waals surface area contributed by atoms with Crippen LogP contribution < -0.4 is 4.74 Å². The van der Waals surface area contributed by atoms with E-state index in [1.807, 2.05) is 6.07 Å². The van der Waals surface area contributed by atoms with Crippen molar-refractivity contribution in [2.45, 2.75) is 77.2 Å². The van der Waals surface area contributed by atoms with Crippen LogP contribution in [0.1, 0.15) is 71.1 Å². The molecule has 3 rings (SSSR count). The fraction of sp³-hybridized carbons (Fsp3) is 0.704. The average molecular weight is 547 g/mol. The zero-order valence-corrected chi connectivity index (χ0v) is 22.8. The van der Waals surface area contributed by atoms with E-state index in [0.29, 0.717) is 28.7 Å². The Morgan fingerprint density at radius 2 is 1.75 bits per heavy atom. The Kier molecular flexibility index (Phi) is 14.5. The maximum Gasteiger partial charge on any atom is 0.414 e. The molecule has 2 atom stereocenters. The molecule has 0 spiro atoms. The number of benzene rings is 1. The highest BCUT2D eigenvalue weighted by Crippen LogP contribution is 2.30. The quantitative estimate of drug-likeness (QED) is 0.245. The minimum atomic E-state index is -1.82. The van der Waals surface area contributed by atoms with Gasteiger partial charge in [0.25, 0.3) is 0 Å². The Morgan fingerprint density at radius 1 is 1.03 bits per heavy atom.